The lowest BCUT2D eigenvalue weighted by Gasteiger charge is -2.17. The van der Waals surface area contributed by atoms with Gasteiger partial charge in [-0.1, -0.05) is 12.1 Å². The number of hydrogen-bond acceptors (Lipinski definition) is 5. The molecule has 8 nitrogen and oxygen atoms in total. The molecule has 0 unspecified atom stereocenters. The Hall–Kier alpha value is -2.61. The van der Waals surface area contributed by atoms with E-state index in [4.69, 9.17) is 15.9 Å². The average molecular weight is 296 g/mol. The number of anilines is 1. The summed E-state index contributed by atoms with van der Waals surface area (Å²) in [6.07, 6.45) is -0.311. The summed E-state index contributed by atoms with van der Waals surface area (Å²) in [6, 6.07) is 5.67. The van der Waals surface area contributed by atoms with E-state index in [9.17, 15) is 14.4 Å². The molecule has 0 saturated carbocycles. The second kappa shape index (κ2) is 7.85. The van der Waals surface area contributed by atoms with Gasteiger partial charge >= 0.3 is 11.9 Å². The highest BCUT2D eigenvalue weighted by molar-refractivity contribution is 5.79. The summed E-state index contributed by atoms with van der Waals surface area (Å²) in [5, 5.41) is 19.7. The van der Waals surface area contributed by atoms with Crippen molar-refractivity contribution in [3.05, 3.63) is 29.8 Å². The van der Waals surface area contributed by atoms with Crippen LogP contribution in [0, 0.1) is 0 Å². The van der Waals surface area contributed by atoms with E-state index in [-0.39, 0.29) is 6.42 Å². The van der Waals surface area contributed by atoms with Gasteiger partial charge in [0.1, 0.15) is 13.2 Å². The number of carbonyl (C=O) groups excluding carboxylic acids is 1. The average Bonchev–Trinajstić information content (AvgIpc) is 2.37. The Kier molecular flexibility index (Phi) is 6.15. The molecule has 5 N–H and O–H groups in total. The Labute approximate surface area is 120 Å². The molecule has 0 radical (unpaired) electrons. The summed E-state index contributed by atoms with van der Waals surface area (Å²) in [5.74, 6) is -2.87. The van der Waals surface area contributed by atoms with Crippen LogP contribution in [0.2, 0.25) is 0 Å². The van der Waals surface area contributed by atoms with Crippen LogP contribution in [0.3, 0.4) is 0 Å². The summed E-state index contributed by atoms with van der Waals surface area (Å²) in [6.45, 7) is -1.06. The fourth-order valence-electron chi connectivity index (χ4n) is 1.62. The summed E-state index contributed by atoms with van der Waals surface area (Å²) in [7, 11) is 0. The van der Waals surface area contributed by atoms with Gasteiger partial charge in [0.2, 0.25) is 5.91 Å². The fourth-order valence-corrected chi connectivity index (χ4v) is 1.62. The zero-order chi connectivity index (χ0) is 15.8. The lowest BCUT2D eigenvalue weighted by molar-refractivity contribution is -0.143. The van der Waals surface area contributed by atoms with Gasteiger partial charge in [0.05, 0.1) is 12.5 Å². The molecule has 0 aromatic heterocycles. The highest BCUT2D eigenvalue weighted by atomic mass is 16.5. The summed E-state index contributed by atoms with van der Waals surface area (Å²) < 4.78 is 4.64. The highest BCUT2D eigenvalue weighted by Crippen LogP contribution is 2.18. The van der Waals surface area contributed by atoms with E-state index in [0.29, 0.717) is 11.3 Å². The second-order valence-corrected chi connectivity index (χ2v) is 4.27. The van der Waals surface area contributed by atoms with Crippen LogP contribution in [0.15, 0.2) is 24.3 Å². The predicted molar refractivity (Wildman–Crippen MR) is 72.4 cm³/mol. The van der Waals surface area contributed by atoms with E-state index in [1.807, 2.05) is 0 Å². The maximum absolute atomic E-state index is 11.6. The molecule has 0 aliphatic carbocycles. The van der Waals surface area contributed by atoms with Crippen molar-refractivity contribution >= 4 is 23.5 Å². The number of amides is 1. The number of carbonyl (C=O) groups is 3. The van der Waals surface area contributed by atoms with Crippen LogP contribution in [0.1, 0.15) is 18.0 Å². The van der Waals surface area contributed by atoms with E-state index in [1.54, 1.807) is 24.3 Å². The van der Waals surface area contributed by atoms with Crippen molar-refractivity contribution in [3.63, 3.8) is 0 Å². The van der Waals surface area contributed by atoms with Crippen LogP contribution in [0.5, 0.6) is 0 Å². The van der Waals surface area contributed by atoms with Crippen molar-refractivity contribution in [2.24, 2.45) is 0 Å². The molecule has 0 fully saturated rings. The third-order valence-electron chi connectivity index (χ3n) is 2.51. The molecular weight excluding hydrogens is 280 g/mol. The van der Waals surface area contributed by atoms with E-state index in [1.165, 1.54) is 0 Å². The standard InChI is InChI=1S/C13H16N2O6/c14-9-3-1-8(2-4-9)10(5-12(17)18)15-11(16)6-21-7-13(19)20/h1-4,10H,5-7,14H2,(H,15,16)(H,17,18)(H,19,20)/t10-/m1/s1. The number of benzene rings is 1. The van der Waals surface area contributed by atoms with Crippen molar-refractivity contribution in [1.82, 2.24) is 5.32 Å². The van der Waals surface area contributed by atoms with Gasteiger partial charge in [-0.2, -0.15) is 0 Å². The molecule has 114 valence electrons. The molecule has 0 aliphatic rings. The van der Waals surface area contributed by atoms with Gasteiger partial charge in [-0.25, -0.2) is 4.79 Å². The van der Waals surface area contributed by atoms with Gasteiger partial charge in [0, 0.05) is 5.69 Å². The molecule has 0 saturated heterocycles. The van der Waals surface area contributed by atoms with E-state index in [0.717, 1.165) is 0 Å². The minimum Gasteiger partial charge on any atom is -0.481 e. The number of carboxylic acids is 2. The van der Waals surface area contributed by atoms with Crippen LogP contribution in [-0.4, -0.2) is 41.3 Å². The minimum atomic E-state index is -1.19. The van der Waals surface area contributed by atoms with Crippen molar-refractivity contribution < 1.29 is 29.3 Å². The van der Waals surface area contributed by atoms with Gasteiger partial charge < -0.3 is 26.0 Å². The normalized spacial score (nSPS) is 11.6. The molecule has 0 bridgehead atoms. The number of nitrogens with two attached hydrogens (primary N) is 1. The maximum Gasteiger partial charge on any atom is 0.329 e. The van der Waals surface area contributed by atoms with Crippen molar-refractivity contribution in [3.8, 4) is 0 Å². The second-order valence-electron chi connectivity index (χ2n) is 4.27. The first kappa shape index (κ1) is 16.4. The number of aliphatic carboxylic acids is 2. The number of ether oxygens (including phenoxy) is 1. The molecule has 0 heterocycles. The largest absolute Gasteiger partial charge is 0.481 e. The third-order valence-corrected chi connectivity index (χ3v) is 2.51. The van der Waals surface area contributed by atoms with Crippen molar-refractivity contribution in [2.45, 2.75) is 12.5 Å². The third kappa shape index (κ3) is 6.39. The van der Waals surface area contributed by atoms with Crippen LogP contribution in [0.25, 0.3) is 0 Å². The van der Waals surface area contributed by atoms with Gasteiger partial charge in [-0.05, 0) is 17.7 Å². The monoisotopic (exact) mass is 296 g/mol. The maximum atomic E-state index is 11.6. The van der Waals surface area contributed by atoms with Gasteiger partial charge in [0.15, 0.2) is 0 Å². The van der Waals surface area contributed by atoms with Crippen LogP contribution >= 0.6 is 0 Å². The highest BCUT2D eigenvalue weighted by Gasteiger charge is 2.18. The van der Waals surface area contributed by atoms with Gasteiger partial charge in [-0.3, -0.25) is 9.59 Å². The Bertz CT molecular complexity index is 514. The van der Waals surface area contributed by atoms with E-state index < -0.39 is 37.1 Å². The quantitative estimate of drug-likeness (QED) is 0.495. The fraction of sp³-hybridized carbons (Fsp3) is 0.308. The Morgan fingerprint density at radius 2 is 1.71 bits per heavy atom. The molecule has 1 aromatic carbocycles. The van der Waals surface area contributed by atoms with Gasteiger partial charge in [0.25, 0.3) is 0 Å². The lowest BCUT2D eigenvalue weighted by atomic mass is 10.0. The summed E-state index contributed by atoms with van der Waals surface area (Å²) in [5.41, 5.74) is 6.64. The molecule has 0 aliphatic heterocycles. The van der Waals surface area contributed by atoms with Crippen LogP contribution in [0.4, 0.5) is 5.69 Å². The summed E-state index contributed by atoms with van der Waals surface area (Å²) >= 11 is 0. The molecule has 1 rings (SSSR count). The molecule has 8 heteroatoms. The first-order valence-electron chi connectivity index (χ1n) is 6.04. The topological polar surface area (TPSA) is 139 Å². The number of hydrogen-bond donors (Lipinski definition) is 4. The lowest BCUT2D eigenvalue weighted by Crippen LogP contribution is -2.33. The van der Waals surface area contributed by atoms with E-state index in [2.05, 4.69) is 10.1 Å². The molecule has 1 amide bonds. The molecule has 1 atom stereocenters. The number of rotatable bonds is 8. The SMILES string of the molecule is Nc1ccc([C@@H](CC(=O)O)NC(=O)COCC(=O)O)cc1. The smallest absolute Gasteiger partial charge is 0.329 e. The number of carboxylic acid groups (broad SMARTS) is 2. The Balaban J connectivity index is 2.65. The predicted octanol–water partition coefficient (Wildman–Crippen LogP) is 0.00200. The molecule has 21 heavy (non-hydrogen) atoms. The van der Waals surface area contributed by atoms with Crippen molar-refractivity contribution in [1.29, 1.82) is 0 Å². The van der Waals surface area contributed by atoms with Crippen molar-refractivity contribution in [2.75, 3.05) is 18.9 Å². The van der Waals surface area contributed by atoms with Gasteiger partial charge in [-0.15, -0.1) is 0 Å². The first-order valence-corrected chi connectivity index (χ1v) is 6.04. The minimum absolute atomic E-state index is 0.311. The number of nitrogen functional groups attached to an aromatic ring is 1. The Morgan fingerprint density at radius 3 is 2.24 bits per heavy atom. The van der Waals surface area contributed by atoms with Crippen LogP contribution in [-0.2, 0) is 19.1 Å². The zero-order valence-electron chi connectivity index (χ0n) is 11.1. The molecular formula is C13H16N2O6. The van der Waals surface area contributed by atoms with E-state index >= 15 is 0 Å². The Morgan fingerprint density at radius 1 is 1.10 bits per heavy atom. The summed E-state index contributed by atoms with van der Waals surface area (Å²) in [4.78, 5) is 32.7. The zero-order valence-corrected chi connectivity index (χ0v) is 11.1. The molecule has 1 aromatic rings. The van der Waals surface area contributed by atoms with Crippen LogP contribution < -0.4 is 11.1 Å². The first-order chi connectivity index (χ1) is 9.88. The number of nitrogens with one attached hydrogen (secondary N) is 1. The molecule has 0 spiro atoms.